The number of aliphatic imine (C=N–C) groups is 1. The Balaban J connectivity index is 1.62. The Hall–Kier alpha value is -2.37. The van der Waals surface area contributed by atoms with Crippen LogP contribution >= 0.6 is 0 Å². The van der Waals surface area contributed by atoms with Crippen molar-refractivity contribution in [1.82, 2.24) is 5.32 Å². The predicted molar refractivity (Wildman–Crippen MR) is 94.1 cm³/mol. The highest BCUT2D eigenvalue weighted by molar-refractivity contribution is 5.89. The van der Waals surface area contributed by atoms with Gasteiger partial charge >= 0.3 is 0 Å². The number of nitrogens with one attached hydrogen (secondary N) is 1. The van der Waals surface area contributed by atoms with Crippen LogP contribution in [0.4, 0.5) is 0 Å². The summed E-state index contributed by atoms with van der Waals surface area (Å²) >= 11 is 0. The van der Waals surface area contributed by atoms with Crippen LogP contribution in [-0.2, 0) is 9.47 Å². The third-order valence-corrected chi connectivity index (χ3v) is 4.31. The molecular weight excluding hydrogens is 302 g/mol. The van der Waals surface area contributed by atoms with Crippen molar-refractivity contribution in [3.63, 3.8) is 0 Å². The van der Waals surface area contributed by atoms with Crippen molar-refractivity contribution in [3.05, 3.63) is 70.3 Å². The first kappa shape index (κ1) is 15.2. The zero-order valence-electron chi connectivity index (χ0n) is 13.5. The lowest BCUT2D eigenvalue weighted by Crippen LogP contribution is -2.31. The second-order valence-electron chi connectivity index (χ2n) is 6.00. The summed E-state index contributed by atoms with van der Waals surface area (Å²) in [5, 5.41) is 3.46. The fourth-order valence-corrected chi connectivity index (χ4v) is 3.14. The highest BCUT2D eigenvalue weighted by Crippen LogP contribution is 2.40. The molecule has 3 N–H and O–H groups in total. The molecular formula is C19H21N3O2. The summed E-state index contributed by atoms with van der Waals surface area (Å²) in [6.45, 7) is 2.39. The van der Waals surface area contributed by atoms with Gasteiger partial charge in [0.15, 0.2) is 0 Å². The number of nitrogens with two attached hydrogens (primary N) is 1. The van der Waals surface area contributed by atoms with E-state index in [-0.39, 0.29) is 0 Å². The second kappa shape index (κ2) is 6.63. The molecule has 0 spiro atoms. The van der Waals surface area contributed by atoms with Gasteiger partial charge in [-0.2, -0.15) is 0 Å². The molecule has 4 aliphatic rings. The van der Waals surface area contributed by atoms with E-state index in [1.165, 1.54) is 11.1 Å². The molecule has 2 heterocycles. The van der Waals surface area contributed by atoms with Crippen LogP contribution < -0.4 is 11.1 Å². The molecule has 5 nitrogen and oxygen atoms in total. The van der Waals surface area contributed by atoms with E-state index < -0.39 is 0 Å². The molecule has 0 bridgehead atoms. The maximum atomic E-state index is 5.85. The molecule has 124 valence electrons. The van der Waals surface area contributed by atoms with Crippen molar-refractivity contribution in [2.45, 2.75) is 12.8 Å². The molecule has 0 atom stereocenters. The van der Waals surface area contributed by atoms with Crippen molar-refractivity contribution in [3.8, 4) is 0 Å². The number of rotatable bonds is 5. The zero-order chi connectivity index (χ0) is 16.4. The molecule has 0 saturated carbocycles. The topological polar surface area (TPSA) is 68.9 Å². The Bertz CT molecular complexity index is 763. The Morgan fingerprint density at radius 2 is 2.21 bits per heavy atom. The minimum absolute atomic E-state index is 0.465. The zero-order valence-corrected chi connectivity index (χ0v) is 13.5. The van der Waals surface area contributed by atoms with Gasteiger partial charge < -0.3 is 20.5 Å². The molecule has 0 fully saturated rings. The van der Waals surface area contributed by atoms with Crippen LogP contribution in [-0.4, -0.2) is 32.2 Å². The van der Waals surface area contributed by atoms with Gasteiger partial charge in [0.2, 0.25) is 0 Å². The molecule has 0 unspecified atom stereocenters. The van der Waals surface area contributed by atoms with Gasteiger partial charge in [0.05, 0.1) is 5.70 Å². The van der Waals surface area contributed by atoms with Gasteiger partial charge in [-0.1, -0.05) is 18.2 Å². The van der Waals surface area contributed by atoms with E-state index in [0.717, 1.165) is 41.3 Å². The van der Waals surface area contributed by atoms with Crippen LogP contribution in [0, 0.1) is 0 Å². The summed E-state index contributed by atoms with van der Waals surface area (Å²) in [6.07, 6.45) is 14.3. The molecule has 2 aliphatic heterocycles. The second-order valence-corrected chi connectivity index (χ2v) is 6.00. The van der Waals surface area contributed by atoms with Crippen molar-refractivity contribution in [2.24, 2.45) is 10.7 Å². The summed E-state index contributed by atoms with van der Waals surface area (Å²) in [5.41, 5.74) is 11.2. The lowest BCUT2D eigenvalue weighted by atomic mass is 10.0. The number of ether oxygens (including phenoxy) is 2. The van der Waals surface area contributed by atoms with E-state index in [1.54, 1.807) is 0 Å². The summed E-state index contributed by atoms with van der Waals surface area (Å²) in [5.74, 6) is 1.80. The summed E-state index contributed by atoms with van der Waals surface area (Å²) in [6, 6.07) is 0. The molecule has 4 rings (SSSR count). The van der Waals surface area contributed by atoms with Crippen molar-refractivity contribution >= 4 is 5.84 Å². The third kappa shape index (κ3) is 2.77. The standard InChI is InChI=1S/C19H21N3O2/c20-7-3-8-23-12-17-21-11-14-4-1-6-15-16(18(14)22-17)10-13-5-2-9-24-19(13)15/h1-2,5-6,10-11H,3-4,7-9,12,20H2,(H,21,22). The maximum absolute atomic E-state index is 5.85. The van der Waals surface area contributed by atoms with E-state index in [4.69, 9.17) is 15.2 Å². The van der Waals surface area contributed by atoms with E-state index >= 15 is 0 Å². The van der Waals surface area contributed by atoms with Gasteiger partial charge in [-0.15, -0.1) is 0 Å². The Kier molecular flexibility index (Phi) is 4.19. The quantitative estimate of drug-likeness (QED) is 0.761. The fraction of sp³-hybridized carbons (Fsp3) is 0.316. The molecule has 24 heavy (non-hydrogen) atoms. The number of amidine groups is 1. The summed E-state index contributed by atoms with van der Waals surface area (Å²) < 4.78 is 11.5. The van der Waals surface area contributed by atoms with Gasteiger partial charge in [-0.3, -0.25) is 0 Å². The van der Waals surface area contributed by atoms with Crippen molar-refractivity contribution < 1.29 is 9.47 Å². The maximum Gasteiger partial charge on any atom is 0.134 e. The molecule has 2 aliphatic carbocycles. The molecule has 0 amide bonds. The number of hydrogen-bond acceptors (Lipinski definition) is 5. The van der Waals surface area contributed by atoms with Crippen LogP contribution in [0.25, 0.3) is 0 Å². The molecule has 0 radical (unpaired) electrons. The summed E-state index contributed by atoms with van der Waals surface area (Å²) in [7, 11) is 0. The third-order valence-electron chi connectivity index (χ3n) is 4.31. The van der Waals surface area contributed by atoms with Gasteiger partial charge in [-0.05, 0) is 37.1 Å². The number of hydrogen-bond donors (Lipinski definition) is 2. The number of allylic oxidation sites excluding steroid dienone is 7. The number of fused-ring (bicyclic) bond motifs is 3. The molecule has 0 aromatic heterocycles. The summed E-state index contributed by atoms with van der Waals surface area (Å²) in [4.78, 5) is 4.50. The van der Waals surface area contributed by atoms with Gasteiger partial charge in [0.1, 0.15) is 24.8 Å². The smallest absolute Gasteiger partial charge is 0.134 e. The van der Waals surface area contributed by atoms with E-state index in [1.807, 2.05) is 12.3 Å². The van der Waals surface area contributed by atoms with Crippen LogP contribution in [0.15, 0.2) is 75.3 Å². The fourth-order valence-electron chi connectivity index (χ4n) is 3.14. The highest BCUT2D eigenvalue weighted by atomic mass is 16.5. The van der Waals surface area contributed by atoms with Crippen LogP contribution in [0.5, 0.6) is 0 Å². The first-order chi connectivity index (χ1) is 11.9. The van der Waals surface area contributed by atoms with Crippen molar-refractivity contribution in [1.29, 1.82) is 0 Å². The molecule has 0 saturated heterocycles. The van der Waals surface area contributed by atoms with E-state index in [2.05, 4.69) is 34.6 Å². The Morgan fingerprint density at radius 1 is 1.25 bits per heavy atom. The monoisotopic (exact) mass is 323 g/mol. The molecule has 0 aromatic carbocycles. The normalized spacial score (nSPS) is 21.1. The van der Waals surface area contributed by atoms with Gasteiger partial charge in [0, 0.05) is 29.5 Å². The van der Waals surface area contributed by atoms with E-state index in [0.29, 0.717) is 26.4 Å². The molecule has 5 heteroatoms. The van der Waals surface area contributed by atoms with Gasteiger partial charge in [-0.25, -0.2) is 4.99 Å². The highest BCUT2D eigenvalue weighted by Gasteiger charge is 2.28. The molecule has 0 aromatic rings. The van der Waals surface area contributed by atoms with Crippen LogP contribution in [0.2, 0.25) is 0 Å². The number of nitrogens with zero attached hydrogens (tertiary/aromatic N) is 1. The van der Waals surface area contributed by atoms with Crippen LogP contribution in [0.3, 0.4) is 0 Å². The van der Waals surface area contributed by atoms with Gasteiger partial charge in [0.25, 0.3) is 0 Å². The van der Waals surface area contributed by atoms with E-state index in [9.17, 15) is 0 Å². The Morgan fingerprint density at radius 3 is 3.12 bits per heavy atom. The predicted octanol–water partition coefficient (Wildman–Crippen LogP) is 2.23. The minimum atomic E-state index is 0.465. The lowest BCUT2D eigenvalue weighted by Gasteiger charge is -2.20. The first-order valence-corrected chi connectivity index (χ1v) is 8.34. The average Bonchev–Trinajstić information content (AvgIpc) is 2.89. The average molecular weight is 323 g/mol. The Labute approximate surface area is 141 Å². The minimum Gasteiger partial charge on any atom is -0.488 e. The van der Waals surface area contributed by atoms with Crippen LogP contribution in [0.1, 0.15) is 12.8 Å². The van der Waals surface area contributed by atoms with Crippen molar-refractivity contribution in [2.75, 3.05) is 26.4 Å². The largest absolute Gasteiger partial charge is 0.488 e. The lowest BCUT2D eigenvalue weighted by molar-refractivity contribution is 0.168. The SMILES string of the molecule is NCCCOCC1=NC=C2CC=CC3=C4OCC=CC4=CC3=C2N1. The first-order valence-electron chi connectivity index (χ1n) is 8.34.